The number of aliphatic carboxylic acids is 1. The van der Waals surface area contributed by atoms with Crippen molar-refractivity contribution in [1.29, 1.82) is 0 Å². The van der Waals surface area contributed by atoms with E-state index in [9.17, 15) is 9.59 Å². The zero-order valence-electron chi connectivity index (χ0n) is 8.84. The standard InChI is InChI=1S/C11H13NO4/c1-16-8-2-3-9(7(4-8)6-13)10(5-12)11(14)15/h2-4,6,10H,5,12H2,1H3,(H,14,15). The predicted octanol–water partition coefficient (Wildman–Crippen LogP) is 0.635. The second kappa shape index (κ2) is 5.27. The lowest BCUT2D eigenvalue weighted by Gasteiger charge is -2.13. The van der Waals surface area contributed by atoms with Crippen LogP contribution in [0.4, 0.5) is 0 Å². The van der Waals surface area contributed by atoms with E-state index in [1.54, 1.807) is 12.1 Å². The molecule has 3 N–H and O–H groups in total. The quantitative estimate of drug-likeness (QED) is 0.715. The van der Waals surface area contributed by atoms with Crippen LogP contribution in [0.3, 0.4) is 0 Å². The van der Waals surface area contributed by atoms with E-state index in [1.165, 1.54) is 13.2 Å². The first kappa shape index (κ1) is 12.2. The van der Waals surface area contributed by atoms with Crippen LogP contribution in [0.1, 0.15) is 21.8 Å². The first-order chi connectivity index (χ1) is 7.63. The molecule has 0 amide bonds. The second-order valence-electron chi connectivity index (χ2n) is 3.24. The summed E-state index contributed by atoms with van der Waals surface area (Å²) in [5.41, 5.74) is 6.07. The van der Waals surface area contributed by atoms with E-state index in [0.717, 1.165) is 0 Å². The van der Waals surface area contributed by atoms with E-state index in [2.05, 4.69) is 0 Å². The van der Waals surface area contributed by atoms with Crippen LogP contribution in [0.25, 0.3) is 0 Å². The van der Waals surface area contributed by atoms with Gasteiger partial charge in [0.1, 0.15) is 12.0 Å². The Bertz CT molecular complexity index is 403. The van der Waals surface area contributed by atoms with Gasteiger partial charge in [-0.25, -0.2) is 0 Å². The number of aldehydes is 1. The molecule has 0 saturated carbocycles. The number of hydrogen-bond acceptors (Lipinski definition) is 4. The van der Waals surface area contributed by atoms with Crippen LogP contribution in [0.2, 0.25) is 0 Å². The molecule has 0 radical (unpaired) electrons. The third kappa shape index (κ3) is 2.38. The van der Waals surface area contributed by atoms with Crippen molar-refractivity contribution < 1.29 is 19.4 Å². The Morgan fingerprint density at radius 1 is 1.62 bits per heavy atom. The summed E-state index contributed by atoms with van der Waals surface area (Å²) in [4.78, 5) is 21.8. The Morgan fingerprint density at radius 2 is 2.31 bits per heavy atom. The molecule has 86 valence electrons. The van der Waals surface area contributed by atoms with Gasteiger partial charge in [0, 0.05) is 12.1 Å². The minimum Gasteiger partial charge on any atom is -0.497 e. The first-order valence-electron chi connectivity index (χ1n) is 4.70. The number of carboxylic acid groups (broad SMARTS) is 1. The van der Waals surface area contributed by atoms with Crippen LogP contribution in [-0.4, -0.2) is 31.0 Å². The number of carboxylic acids is 1. The number of nitrogens with two attached hydrogens (primary N) is 1. The second-order valence-corrected chi connectivity index (χ2v) is 3.24. The molecule has 1 atom stereocenters. The molecule has 0 heterocycles. The van der Waals surface area contributed by atoms with E-state index in [1.807, 2.05) is 0 Å². The molecule has 0 aliphatic carbocycles. The summed E-state index contributed by atoms with van der Waals surface area (Å²) in [5.74, 6) is -1.41. The Hall–Kier alpha value is -1.88. The highest BCUT2D eigenvalue weighted by Gasteiger charge is 2.21. The third-order valence-corrected chi connectivity index (χ3v) is 2.33. The number of carbonyl (C=O) groups is 2. The average Bonchev–Trinajstić information content (AvgIpc) is 2.29. The smallest absolute Gasteiger partial charge is 0.312 e. The number of ether oxygens (including phenoxy) is 1. The van der Waals surface area contributed by atoms with E-state index in [0.29, 0.717) is 17.6 Å². The monoisotopic (exact) mass is 223 g/mol. The van der Waals surface area contributed by atoms with Crippen LogP contribution < -0.4 is 10.5 Å². The number of carbonyl (C=O) groups excluding carboxylic acids is 1. The molecule has 0 spiro atoms. The maximum Gasteiger partial charge on any atom is 0.312 e. The number of rotatable bonds is 5. The van der Waals surface area contributed by atoms with Gasteiger partial charge >= 0.3 is 5.97 Å². The van der Waals surface area contributed by atoms with Crippen molar-refractivity contribution in [3.8, 4) is 5.75 Å². The molecular formula is C11H13NO4. The summed E-state index contributed by atoms with van der Waals surface area (Å²) in [5, 5.41) is 8.95. The van der Waals surface area contributed by atoms with Crippen LogP contribution in [0.5, 0.6) is 5.75 Å². The van der Waals surface area contributed by atoms with Gasteiger partial charge in [0.05, 0.1) is 13.0 Å². The fraction of sp³-hybridized carbons (Fsp3) is 0.273. The summed E-state index contributed by atoms with van der Waals surface area (Å²) in [7, 11) is 1.47. The highest BCUT2D eigenvalue weighted by Crippen LogP contribution is 2.23. The molecule has 16 heavy (non-hydrogen) atoms. The Labute approximate surface area is 92.8 Å². The lowest BCUT2D eigenvalue weighted by atomic mass is 9.94. The summed E-state index contributed by atoms with van der Waals surface area (Å²) in [6.07, 6.45) is 0.601. The van der Waals surface area contributed by atoms with Gasteiger partial charge in [0.2, 0.25) is 0 Å². The predicted molar refractivity (Wildman–Crippen MR) is 57.8 cm³/mol. The highest BCUT2D eigenvalue weighted by atomic mass is 16.5. The lowest BCUT2D eigenvalue weighted by molar-refractivity contribution is -0.138. The lowest BCUT2D eigenvalue weighted by Crippen LogP contribution is -2.22. The van der Waals surface area contributed by atoms with Crippen LogP contribution in [0.15, 0.2) is 18.2 Å². The fourth-order valence-electron chi connectivity index (χ4n) is 1.46. The van der Waals surface area contributed by atoms with Gasteiger partial charge in [-0.15, -0.1) is 0 Å². The molecule has 5 heteroatoms. The molecule has 5 nitrogen and oxygen atoms in total. The molecule has 0 saturated heterocycles. The van der Waals surface area contributed by atoms with Gasteiger partial charge in [-0.05, 0) is 17.7 Å². The molecule has 0 aliphatic rings. The number of methoxy groups -OCH3 is 1. The van der Waals surface area contributed by atoms with E-state index in [-0.39, 0.29) is 12.1 Å². The van der Waals surface area contributed by atoms with Gasteiger partial charge in [-0.3, -0.25) is 9.59 Å². The zero-order chi connectivity index (χ0) is 12.1. The zero-order valence-corrected chi connectivity index (χ0v) is 8.84. The summed E-state index contributed by atoms with van der Waals surface area (Å²) >= 11 is 0. The molecule has 0 aliphatic heterocycles. The van der Waals surface area contributed by atoms with E-state index < -0.39 is 11.9 Å². The van der Waals surface area contributed by atoms with Gasteiger partial charge in [0.25, 0.3) is 0 Å². The van der Waals surface area contributed by atoms with E-state index in [4.69, 9.17) is 15.6 Å². The third-order valence-electron chi connectivity index (χ3n) is 2.33. The van der Waals surface area contributed by atoms with Crippen LogP contribution >= 0.6 is 0 Å². The van der Waals surface area contributed by atoms with Crippen molar-refractivity contribution in [3.05, 3.63) is 29.3 Å². The molecule has 1 unspecified atom stereocenters. The highest BCUT2D eigenvalue weighted by molar-refractivity contribution is 5.84. The molecule has 1 rings (SSSR count). The van der Waals surface area contributed by atoms with E-state index >= 15 is 0 Å². The minimum atomic E-state index is -1.05. The van der Waals surface area contributed by atoms with Crippen molar-refractivity contribution in [3.63, 3.8) is 0 Å². The van der Waals surface area contributed by atoms with Crippen LogP contribution in [-0.2, 0) is 4.79 Å². The molecule has 1 aromatic carbocycles. The Balaban J connectivity index is 3.21. The van der Waals surface area contributed by atoms with Gasteiger partial charge < -0.3 is 15.6 Å². The summed E-state index contributed by atoms with van der Waals surface area (Å²) in [6.45, 7) is -0.0531. The van der Waals surface area contributed by atoms with Gasteiger partial charge in [-0.1, -0.05) is 6.07 Å². The van der Waals surface area contributed by atoms with Crippen LogP contribution in [0, 0.1) is 0 Å². The largest absolute Gasteiger partial charge is 0.497 e. The number of hydrogen-bond donors (Lipinski definition) is 2. The molecule has 0 aromatic heterocycles. The number of benzene rings is 1. The topological polar surface area (TPSA) is 89.6 Å². The SMILES string of the molecule is COc1ccc(C(CN)C(=O)O)c(C=O)c1. The molecular weight excluding hydrogens is 210 g/mol. The van der Waals surface area contributed by atoms with Crippen molar-refractivity contribution >= 4 is 12.3 Å². The van der Waals surface area contributed by atoms with Crippen molar-refractivity contribution in [2.24, 2.45) is 5.73 Å². The Morgan fingerprint density at radius 3 is 2.75 bits per heavy atom. The first-order valence-corrected chi connectivity index (χ1v) is 4.70. The van der Waals surface area contributed by atoms with Gasteiger partial charge in [-0.2, -0.15) is 0 Å². The van der Waals surface area contributed by atoms with Crippen molar-refractivity contribution in [1.82, 2.24) is 0 Å². The molecule has 1 aromatic rings. The maximum atomic E-state index is 10.9. The average molecular weight is 223 g/mol. The Kier molecular flexibility index (Phi) is 4.02. The normalized spacial score (nSPS) is 11.9. The van der Waals surface area contributed by atoms with Gasteiger partial charge in [0.15, 0.2) is 0 Å². The molecule has 0 fully saturated rings. The molecule has 0 bridgehead atoms. The minimum absolute atomic E-state index is 0.0531. The van der Waals surface area contributed by atoms with Crippen molar-refractivity contribution in [2.75, 3.05) is 13.7 Å². The summed E-state index contributed by atoms with van der Waals surface area (Å²) in [6, 6.07) is 4.65. The maximum absolute atomic E-state index is 10.9. The van der Waals surface area contributed by atoms with Crippen molar-refractivity contribution in [2.45, 2.75) is 5.92 Å². The summed E-state index contributed by atoms with van der Waals surface area (Å²) < 4.78 is 4.95. The fourth-order valence-corrected chi connectivity index (χ4v) is 1.46.